The minimum absolute atomic E-state index is 0.320. The number of nitroso groups, excluding NO2 is 1. The van der Waals surface area contributed by atoms with Crippen molar-refractivity contribution in [2.75, 3.05) is 0 Å². The second kappa shape index (κ2) is 6.20. The molecule has 4 rings (SSSR count). The fourth-order valence-electron chi connectivity index (χ4n) is 3.10. The van der Waals surface area contributed by atoms with E-state index in [4.69, 9.17) is 4.98 Å². The topological polar surface area (TPSA) is 68.1 Å². The van der Waals surface area contributed by atoms with Crippen molar-refractivity contribution >= 4 is 11.3 Å². The number of hydrogen-bond acceptors (Lipinski definition) is 6. The van der Waals surface area contributed by atoms with Crippen molar-refractivity contribution in [2.24, 2.45) is 5.18 Å². The molecule has 1 aliphatic carbocycles. The molecule has 0 fully saturated rings. The Morgan fingerprint density at radius 2 is 2.17 bits per heavy atom. The smallest absolute Gasteiger partial charge is 0.134 e. The Morgan fingerprint density at radius 3 is 2.96 bits per heavy atom. The molecule has 0 saturated carbocycles. The van der Waals surface area contributed by atoms with Crippen LogP contribution in [0.1, 0.15) is 35.8 Å². The Kier molecular flexibility index (Phi) is 3.90. The number of aromatic nitrogens is 3. The Labute approximate surface area is 143 Å². The van der Waals surface area contributed by atoms with Gasteiger partial charge in [0, 0.05) is 18.0 Å². The first-order chi connectivity index (χ1) is 11.8. The summed E-state index contributed by atoms with van der Waals surface area (Å²) in [6, 6.07) is 7.70. The van der Waals surface area contributed by atoms with Crippen molar-refractivity contribution < 1.29 is 0 Å². The Hall–Kier alpha value is -2.47. The lowest BCUT2D eigenvalue weighted by Crippen LogP contribution is -2.10. The average Bonchev–Trinajstić information content (AvgIpc) is 3.03. The van der Waals surface area contributed by atoms with Crippen LogP contribution in [0, 0.1) is 11.8 Å². The van der Waals surface area contributed by atoms with Gasteiger partial charge in [-0.2, -0.15) is 4.91 Å². The number of aryl methyl sites for hydroxylation is 2. The van der Waals surface area contributed by atoms with E-state index in [0.29, 0.717) is 0 Å². The third-order valence-corrected chi connectivity index (χ3v) is 5.55. The fourth-order valence-corrected chi connectivity index (χ4v) is 4.13. The van der Waals surface area contributed by atoms with Crippen LogP contribution in [0.2, 0.25) is 0 Å². The van der Waals surface area contributed by atoms with Crippen LogP contribution in [0.25, 0.3) is 21.1 Å². The van der Waals surface area contributed by atoms with Crippen LogP contribution in [0.15, 0.2) is 41.8 Å². The maximum atomic E-state index is 11.1. The molecule has 0 amide bonds. The van der Waals surface area contributed by atoms with Crippen molar-refractivity contribution in [1.82, 2.24) is 15.0 Å². The van der Waals surface area contributed by atoms with Gasteiger partial charge in [0.1, 0.15) is 11.0 Å². The van der Waals surface area contributed by atoms with Gasteiger partial charge in [0.25, 0.3) is 0 Å². The number of nitrogens with zero attached hydrogens (tertiary/aromatic N) is 4. The molecule has 3 heterocycles. The summed E-state index contributed by atoms with van der Waals surface area (Å²) in [6.45, 7) is 1.99. The summed E-state index contributed by atoms with van der Waals surface area (Å²) in [7, 11) is 0. The molecule has 1 atom stereocenters. The van der Waals surface area contributed by atoms with Crippen LogP contribution in [0.4, 0.5) is 0 Å². The van der Waals surface area contributed by atoms with Crippen molar-refractivity contribution in [3.8, 4) is 21.1 Å². The highest BCUT2D eigenvalue weighted by Gasteiger charge is 2.24. The number of hydrogen-bond donors (Lipinski definition) is 0. The number of fused-ring (bicyclic) bond motifs is 1. The first-order valence-electron chi connectivity index (χ1n) is 7.97. The SMILES string of the molecule is Cc1nc(-c2cccnc2)sc1-c1ccc2c(n1)C(N=O)CCC2. The largest absolute Gasteiger partial charge is 0.264 e. The average molecular weight is 336 g/mol. The number of thiazole rings is 1. The van der Waals surface area contributed by atoms with Crippen LogP contribution in [-0.4, -0.2) is 15.0 Å². The molecule has 0 aliphatic heterocycles. The van der Waals surface area contributed by atoms with Gasteiger partial charge in [-0.3, -0.25) is 4.98 Å². The Balaban J connectivity index is 1.77. The zero-order chi connectivity index (χ0) is 16.5. The van der Waals surface area contributed by atoms with Crippen LogP contribution < -0.4 is 0 Å². The normalized spacial score (nSPS) is 16.6. The maximum Gasteiger partial charge on any atom is 0.134 e. The van der Waals surface area contributed by atoms with Gasteiger partial charge >= 0.3 is 0 Å². The van der Waals surface area contributed by atoms with Gasteiger partial charge in [-0.1, -0.05) is 11.2 Å². The van der Waals surface area contributed by atoms with Crippen LogP contribution in [0.5, 0.6) is 0 Å². The van der Waals surface area contributed by atoms with E-state index < -0.39 is 0 Å². The van der Waals surface area contributed by atoms with Gasteiger partial charge in [-0.15, -0.1) is 11.3 Å². The molecule has 0 spiro atoms. The first-order valence-corrected chi connectivity index (χ1v) is 8.78. The Bertz CT molecular complexity index is 891. The molecule has 0 bridgehead atoms. The highest BCUT2D eigenvalue weighted by molar-refractivity contribution is 7.18. The van der Waals surface area contributed by atoms with Crippen molar-refractivity contribution in [3.05, 3.63) is 58.5 Å². The minimum Gasteiger partial charge on any atom is -0.264 e. The lowest BCUT2D eigenvalue weighted by molar-refractivity contribution is 0.554. The van der Waals surface area contributed by atoms with Gasteiger partial charge < -0.3 is 0 Å². The number of pyridine rings is 2. The second-order valence-corrected chi connectivity index (χ2v) is 6.93. The summed E-state index contributed by atoms with van der Waals surface area (Å²) < 4.78 is 0. The molecule has 6 heteroatoms. The summed E-state index contributed by atoms with van der Waals surface area (Å²) >= 11 is 1.60. The van der Waals surface area contributed by atoms with E-state index in [-0.39, 0.29) is 6.04 Å². The van der Waals surface area contributed by atoms with E-state index in [1.54, 1.807) is 17.5 Å². The van der Waals surface area contributed by atoms with Gasteiger partial charge in [0.05, 0.1) is 22.0 Å². The minimum atomic E-state index is -0.320. The monoisotopic (exact) mass is 336 g/mol. The zero-order valence-corrected chi connectivity index (χ0v) is 14.1. The predicted molar refractivity (Wildman–Crippen MR) is 94.8 cm³/mol. The predicted octanol–water partition coefficient (Wildman–Crippen LogP) is 4.72. The van der Waals surface area contributed by atoms with E-state index in [0.717, 1.165) is 57.4 Å². The summed E-state index contributed by atoms with van der Waals surface area (Å²) in [4.78, 5) is 25.7. The van der Waals surface area contributed by atoms with Crippen molar-refractivity contribution in [2.45, 2.75) is 32.2 Å². The molecule has 0 aromatic carbocycles. The highest BCUT2D eigenvalue weighted by Crippen LogP contribution is 2.37. The second-order valence-electron chi connectivity index (χ2n) is 5.93. The molecule has 3 aromatic heterocycles. The summed E-state index contributed by atoms with van der Waals surface area (Å²) in [5.41, 5.74) is 4.79. The molecule has 0 N–H and O–H groups in total. The highest BCUT2D eigenvalue weighted by atomic mass is 32.1. The molecular formula is C18H16N4OS. The van der Waals surface area contributed by atoms with Gasteiger partial charge in [-0.05, 0) is 49.9 Å². The van der Waals surface area contributed by atoms with Gasteiger partial charge in [0.15, 0.2) is 0 Å². The van der Waals surface area contributed by atoms with E-state index in [2.05, 4.69) is 21.2 Å². The third kappa shape index (κ3) is 2.63. The molecule has 1 unspecified atom stereocenters. The van der Waals surface area contributed by atoms with Crippen molar-refractivity contribution in [3.63, 3.8) is 0 Å². The number of rotatable bonds is 3. The molecule has 1 aliphatic rings. The molecule has 120 valence electrons. The van der Waals surface area contributed by atoms with E-state index >= 15 is 0 Å². The van der Waals surface area contributed by atoms with E-state index in [1.165, 1.54) is 0 Å². The summed E-state index contributed by atoms with van der Waals surface area (Å²) in [5, 5.41) is 4.20. The van der Waals surface area contributed by atoms with Crippen LogP contribution in [0.3, 0.4) is 0 Å². The van der Waals surface area contributed by atoms with Crippen LogP contribution >= 0.6 is 11.3 Å². The standard InChI is InChI=1S/C18H16N4OS/c1-11-17(24-18(20-11)13-5-3-9-19-10-13)15-8-7-12-4-2-6-14(22-23)16(12)21-15/h3,5,7-10,14H,2,4,6H2,1H3. The molecule has 0 saturated heterocycles. The maximum absolute atomic E-state index is 11.1. The summed E-state index contributed by atoms with van der Waals surface area (Å²) in [6.07, 6.45) is 6.32. The quantitative estimate of drug-likeness (QED) is 0.649. The van der Waals surface area contributed by atoms with E-state index in [1.807, 2.05) is 31.3 Å². The molecule has 3 aromatic rings. The molecular weight excluding hydrogens is 320 g/mol. The first kappa shape index (κ1) is 15.1. The van der Waals surface area contributed by atoms with Gasteiger partial charge in [-0.25, -0.2) is 9.97 Å². The third-order valence-electron chi connectivity index (χ3n) is 4.32. The molecule has 24 heavy (non-hydrogen) atoms. The molecule has 0 radical (unpaired) electrons. The molecule has 5 nitrogen and oxygen atoms in total. The lowest BCUT2D eigenvalue weighted by atomic mass is 9.92. The fraction of sp³-hybridized carbons (Fsp3) is 0.278. The van der Waals surface area contributed by atoms with E-state index in [9.17, 15) is 4.91 Å². The summed E-state index contributed by atoms with van der Waals surface area (Å²) in [5.74, 6) is 0. The van der Waals surface area contributed by atoms with Gasteiger partial charge in [0.2, 0.25) is 0 Å². The van der Waals surface area contributed by atoms with Crippen molar-refractivity contribution in [1.29, 1.82) is 0 Å². The lowest BCUT2D eigenvalue weighted by Gasteiger charge is -2.19. The Morgan fingerprint density at radius 1 is 1.25 bits per heavy atom. The van der Waals surface area contributed by atoms with Crippen LogP contribution in [-0.2, 0) is 6.42 Å². The zero-order valence-electron chi connectivity index (χ0n) is 13.3.